The van der Waals surface area contributed by atoms with Gasteiger partial charge in [-0.3, -0.25) is 0 Å². The van der Waals surface area contributed by atoms with E-state index < -0.39 is 0 Å². The molecule has 1 fully saturated rings. The molecular formula is C8H16O. The summed E-state index contributed by atoms with van der Waals surface area (Å²) in [7, 11) is 0. The van der Waals surface area contributed by atoms with E-state index in [1.165, 1.54) is 12.8 Å². The predicted octanol–water partition coefficient (Wildman–Crippen LogP) is 1.80. The third-order valence-corrected chi connectivity index (χ3v) is 2.23. The van der Waals surface area contributed by atoms with Gasteiger partial charge in [-0.2, -0.15) is 0 Å². The molecule has 0 aromatic carbocycles. The van der Waals surface area contributed by atoms with Gasteiger partial charge in [0.2, 0.25) is 0 Å². The number of hydrogen-bond donors (Lipinski definition) is 1. The van der Waals surface area contributed by atoms with Gasteiger partial charge in [0.05, 0.1) is 6.10 Å². The Labute approximate surface area is 57.1 Å². The van der Waals surface area contributed by atoms with Crippen LogP contribution in [-0.4, -0.2) is 11.2 Å². The normalized spacial score (nSPS) is 36.3. The standard InChI is InChI=1S/C8H16O/c1-6-5-8(6)4-3-7(2)9/h6-9H,3-5H2,1-2H3. The van der Waals surface area contributed by atoms with Crippen LogP contribution < -0.4 is 0 Å². The molecule has 1 N–H and O–H groups in total. The van der Waals surface area contributed by atoms with Gasteiger partial charge in [0.25, 0.3) is 0 Å². The molecule has 1 aliphatic rings. The van der Waals surface area contributed by atoms with Gasteiger partial charge < -0.3 is 5.11 Å². The van der Waals surface area contributed by atoms with Crippen molar-refractivity contribution in [2.45, 2.75) is 39.2 Å². The first kappa shape index (κ1) is 7.07. The zero-order valence-corrected chi connectivity index (χ0v) is 6.30. The van der Waals surface area contributed by atoms with Gasteiger partial charge in [-0.25, -0.2) is 0 Å². The lowest BCUT2D eigenvalue weighted by Crippen LogP contribution is -1.99. The number of aliphatic hydroxyl groups excluding tert-OH is 1. The van der Waals surface area contributed by atoms with Crippen molar-refractivity contribution in [2.24, 2.45) is 11.8 Å². The minimum absolute atomic E-state index is 0.0854. The molecule has 1 nitrogen and oxygen atoms in total. The van der Waals surface area contributed by atoms with Gasteiger partial charge in [-0.1, -0.05) is 6.92 Å². The van der Waals surface area contributed by atoms with E-state index in [1.807, 2.05) is 6.92 Å². The maximum Gasteiger partial charge on any atom is 0.0512 e. The molecule has 1 heteroatoms. The van der Waals surface area contributed by atoms with Crippen molar-refractivity contribution in [2.75, 3.05) is 0 Å². The van der Waals surface area contributed by atoms with Crippen LogP contribution >= 0.6 is 0 Å². The van der Waals surface area contributed by atoms with Crippen molar-refractivity contribution in [3.63, 3.8) is 0 Å². The minimum Gasteiger partial charge on any atom is -0.393 e. The molecule has 0 spiro atoms. The summed E-state index contributed by atoms with van der Waals surface area (Å²) < 4.78 is 0. The Balaban J connectivity index is 1.94. The summed E-state index contributed by atoms with van der Waals surface area (Å²) in [5.74, 6) is 1.89. The highest BCUT2D eigenvalue weighted by atomic mass is 16.3. The fourth-order valence-electron chi connectivity index (χ4n) is 1.26. The Morgan fingerprint density at radius 2 is 2.22 bits per heavy atom. The van der Waals surface area contributed by atoms with Gasteiger partial charge in [-0.05, 0) is 38.0 Å². The lowest BCUT2D eigenvalue weighted by molar-refractivity contribution is 0.178. The molecule has 0 aromatic rings. The Bertz CT molecular complexity index is 88.6. The molecule has 0 aliphatic heterocycles. The van der Waals surface area contributed by atoms with E-state index in [0.717, 1.165) is 18.3 Å². The van der Waals surface area contributed by atoms with E-state index in [1.54, 1.807) is 0 Å². The molecule has 9 heavy (non-hydrogen) atoms. The molecule has 3 unspecified atom stereocenters. The Morgan fingerprint density at radius 1 is 1.67 bits per heavy atom. The number of aliphatic hydroxyl groups is 1. The van der Waals surface area contributed by atoms with E-state index in [0.29, 0.717) is 0 Å². The molecule has 0 aromatic heterocycles. The summed E-state index contributed by atoms with van der Waals surface area (Å²) in [6.45, 7) is 4.15. The van der Waals surface area contributed by atoms with Crippen molar-refractivity contribution >= 4 is 0 Å². The zero-order chi connectivity index (χ0) is 6.85. The quantitative estimate of drug-likeness (QED) is 0.614. The van der Waals surface area contributed by atoms with Crippen LogP contribution in [0.1, 0.15) is 33.1 Å². The number of hydrogen-bond acceptors (Lipinski definition) is 1. The topological polar surface area (TPSA) is 20.2 Å². The monoisotopic (exact) mass is 128 g/mol. The molecule has 3 atom stereocenters. The highest BCUT2D eigenvalue weighted by Gasteiger charge is 2.31. The van der Waals surface area contributed by atoms with Crippen LogP contribution in [0.25, 0.3) is 0 Å². The third-order valence-electron chi connectivity index (χ3n) is 2.23. The summed E-state index contributed by atoms with van der Waals surface area (Å²) in [5.41, 5.74) is 0. The van der Waals surface area contributed by atoms with Crippen LogP contribution in [0.5, 0.6) is 0 Å². The third kappa shape index (κ3) is 2.35. The second-order valence-electron chi connectivity index (χ2n) is 3.40. The molecule has 0 heterocycles. The largest absolute Gasteiger partial charge is 0.393 e. The molecule has 0 amide bonds. The maximum atomic E-state index is 8.92. The fourth-order valence-corrected chi connectivity index (χ4v) is 1.26. The maximum absolute atomic E-state index is 8.92. The first-order valence-corrected chi connectivity index (χ1v) is 3.88. The average Bonchev–Trinajstić information content (AvgIpc) is 2.42. The smallest absolute Gasteiger partial charge is 0.0512 e. The van der Waals surface area contributed by atoms with Crippen molar-refractivity contribution in [3.8, 4) is 0 Å². The van der Waals surface area contributed by atoms with Crippen LogP contribution in [0.3, 0.4) is 0 Å². The molecule has 1 saturated carbocycles. The lowest BCUT2D eigenvalue weighted by atomic mass is 10.1. The predicted molar refractivity (Wildman–Crippen MR) is 38.2 cm³/mol. The lowest BCUT2D eigenvalue weighted by Gasteiger charge is -2.00. The van der Waals surface area contributed by atoms with Crippen molar-refractivity contribution in [1.82, 2.24) is 0 Å². The van der Waals surface area contributed by atoms with Crippen LogP contribution in [0, 0.1) is 11.8 Å². The summed E-state index contributed by atoms with van der Waals surface area (Å²) in [5, 5.41) is 8.92. The van der Waals surface area contributed by atoms with E-state index in [-0.39, 0.29) is 6.10 Å². The van der Waals surface area contributed by atoms with Gasteiger partial charge in [-0.15, -0.1) is 0 Å². The fraction of sp³-hybridized carbons (Fsp3) is 1.00. The molecule has 0 radical (unpaired) electrons. The van der Waals surface area contributed by atoms with Crippen molar-refractivity contribution < 1.29 is 5.11 Å². The van der Waals surface area contributed by atoms with E-state index in [9.17, 15) is 0 Å². The summed E-state index contributed by atoms with van der Waals surface area (Å²) >= 11 is 0. The van der Waals surface area contributed by atoms with E-state index in [2.05, 4.69) is 6.92 Å². The summed E-state index contributed by atoms with van der Waals surface area (Å²) in [6, 6.07) is 0. The minimum atomic E-state index is -0.0854. The van der Waals surface area contributed by atoms with Crippen molar-refractivity contribution in [3.05, 3.63) is 0 Å². The van der Waals surface area contributed by atoms with Crippen molar-refractivity contribution in [1.29, 1.82) is 0 Å². The molecule has 1 aliphatic carbocycles. The summed E-state index contributed by atoms with van der Waals surface area (Å²) in [4.78, 5) is 0. The van der Waals surface area contributed by atoms with E-state index in [4.69, 9.17) is 5.11 Å². The number of rotatable bonds is 3. The molecule has 1 rings (SSSR count). The van der Waals surface area contributed by atoms with Crippen LogP contribution in [-0.2, 0) is 0 Å². The highest BCUT2D eigenvalue weighted by molar-refractivity contribution is 4.82. The van der Waals surface area contributed by atoms with Gasteiger partial charge >= 0.3 is 0 Å². The Hall–Kier alpha value is -0.0400. The second-order valence-corrected chi connectivity index (χ2v) is 3.40. The Morgan fingerprint density at radius 3 is 2.56 bits per heavy atom. The molecule has 54 valence electrons. The summed E-state index contributed by atoms with van der Waals surface area (Å²) in [6.07, 6.45) is 3.54. The van der Waals surface area contributed by atoms with Crippen LogP contribution in [0.15, 0.2) is 0 Å². The van der Waals surface area contributed by atoms with Crippen LogP contribution in [0.4, 0.5) is 0 Å². The van der Waals surface area contributed by atoms with Gasteiger partial charge in [0.15, 0.2) is 0 Å². The second kappa shape index (κ2) is 2.70. The molecule has 0 bridgehead atoms. The first-order valence-electron chi connectivity index (χ1n) is 3.88. The Kier molecular flexibility index (Phi) is 2.12. The molecular weight excluding hydrogens is 112 g/mol. The average molecular weight is 128 g/mol. The molecule has 0 saturated heterocycles. The first-order chi connectivity index (χ1) is 4.20. The van der Waals surface area contributed by atoms with Gasteiger partial charge in [0, 0.05) is 0 Å². The zero-order valence-electron chi connectivity index (χ0n) is 6.30. The van der Waals surface area contributed by atoms with E-state index >= 15 is 0 Å². The van der Waals surface area contributed by atoms with Gasteiger partial charge in [0.1, 0.15) is 0 Å². The highest BCUT2D eigenvalue weighted by Crippen LogP contribution is 2.41. The SMILES string of the molecule is CC(O)CCC1CC1C. The van der Waals surface area contributed by atoms with Crippen LogP contribution in [0.2, 0.25) is 0 Å².